The Bertz CT molecular complexity index is 1010. The van der Waals surface area contributed by atoms with Crippen LogP contribution in [0.4, 0.5) is 5.69 Å². The monoisotopic (exact) mass is 449 g/mol. The minimum atomic E-state index is -3.45. The predicted molar refractivity (Wildman–Crippen MR) is 119 cm³/mol. The van der Waals surface area contributed by atoms with Crippen LogP contribution in [0, 0.1) is 0 Å². The number of sulfonamides is 1. The molecular weight excluding hydrogens is 430 g/mol. The van der Waals surface area contributed by atoms with E-state index in [9.17, 15) is 13.2 Å². The molecule has 9 heteroatoms. The summed E-state index contributed by atoms with van der Waals surface area (Å²) in [4.78, 5) is 12.2. The molecule has 1 fully saturated rings. The third-order valence-corrected chi connectivity index (χ3v) is 6.72. The number of benzene rings is 2. The number of rotatable bonds is 5. The number of hydrogen-bond donors (Lipinski definition) is 2. The summed E-state index contributed by atoms with van der Waals surface area (Å²) >= 11 is 11.0. The third-order valence-electron chi connectivity index (χ3n) is 4.35. The lowest BCUT2D eigenvalue weighted by atomic mass is 10.2. The summed E-state index contributed by atoms with van der Waals surface area (Å²) in [5, 5.41) is 6.15. The zero-order chi connectivity index (χ0) is 20.9. The van der Waals surface area contributed by atoms with Gasteiger partial charge in [-0.15, -0.1) is 0 Å². The molecule has 0 radical (unpaired) electrons. The Balaban J connectivity index is 1.55. The van der Waals surface area contributed by atoms with Gasteiger partial charge in [-0.25, -0.2) is 8.42 Å². The highest BCUT2D eigenvalue weighted by Crippen LogP contribution is 2.22. The predicted octanol–water partition coefficient (Wildman–Crippen LogP) is 3.65. The number of carbonyl (C=O) groups excluding carboxylic acids is 1. The first-order valence-electron chi connectivity index (χ1n) is 9.00. The van der Waals surface area contributed by atoms with E-state index in [-0.39, 0.29) is 15.9 Å². The Kier molecular flexibility index (Phi) is 7.02. The minimum Gasteiger partial charge on any atom is -0.332 e. The number of halogens is 1. The number of carbonyl (C=O) groups is 1. The summed E-state index contributed by atoms with van der Waals surface area (Å²) in [6.45, 7) is 1.12. The largest absolute Gasteiger partial charge is 0.332 e. The van der Waals surface area contributed by atoms with E-state index < -0.39 is 10.0 Å². The first-order chi connectivity index (χ1) is 13.8. The molecule has 152 valence electrons. The summed E-state index contributed by atoms with van der Waals surface area (Å²) < 4.78 is 26.6. The molecule has 0 atom stereocenters. The van der Waals surface area contributed by atoms with Gasteiger partial charge in [-0.3, -0.25) is 10.1 Å². The van der Waals surface area contributed by atoms with Crippen molar-refractivity contribution in [1.29, 1.82) is 0 Å². The molecule has 1 aliphatic rings. The fraction of sp³-hybridized carbons (Fsp3) is 0.200. The molecule has 1 saturated heterocycles. The lowest BCUT2D eigenvalue weighted by molar-refractivity contribution is -0.115. The normalized spacial score (nSPS) is 14.8. The topological polar surface area (TPSA) is 78.5 Å². The maximum atomic E-state index is 12.5. The number of hydrogen-bond acceptors (Lipinski definition) is 4. The highest BCUT2D eigenvalue weighted by atomic mass is 35.5. The maximum Gasteiger partial charge on any atom is 0.250 e. The summed E-state index contributed by atoms with van der Waals surface area (Å²) in [5.74, 6) is -0.384. The second-order valence-electron chi connectivity index (χ2n) is 6.46. The standard InChI is InChI=1S/C20H20ClN3O3S2/c21-16-6-3-15(4-7-16)5-12-19(25)23-20(28)22-17-8-10-18(11-9-17)29(26,27)24-13-1-2-14-24/h3-12H,1-2,13-14H2,(H2,22,23,25,28)/b12-5+. The number of anilines is 1. The number of nitrogens with one attached hydrogen (secondary N) is 2. The maximum absolute atomic E-state index is 12.5. The lowest BCUT2D eigenvalue weighted by Crippen LogP contribution is -2.32. The zero-order valence-electron chi connectivity index (χ0n) is 15.5. The van der Waals surface area contributed by atoms with Gasteiger partial charge in [0.2, 0.25) is 15.9 Å². The van der Waals surface area contributed by atoms with Crippen LogP contribution in [-0.2, 0) is 14.8 Å². The summed E-state index contributed by atoms with van der Waals surface area (Å²) in [6, 6.07) is 13.3. The van der Waals surface area contributed by atoms with Gasteiger partial charge >= 0.3 is 0 Å². The average molecular weight is 450 g/mol. The van der Waals surface area contributed by atoms with Gasteiger partial charge in [-0.1, -0.05) is 23.7 Å². The first-order valence-corrected chi connectivity index (χ1v) is 11.2. The minimum absolute atomic E-state index is 0.117. The van der Waals surface area contributed by atoms with Crippen LogP contribution in [0.5, 0.6) is 0 Å². The van der Waals surface area contributed by atoms with Crippen LogP contribution in [-0.4, -0.2) is 36.8 Å². The fourth-order valence-corrected chi connectivity index (χ4v) is 4.71. The molecule has 0 aromatic heterocycles. The Morgan fingerprint density at radius 1 is 1.03 bits per heavy atom. The molecule has 0 spiro atoms. The lowest BCUT2D eigenvalue weighted by Gasteiger charge is -2.16. The highest BCUT2D eigenvalue weighted by molar-refractivity contribution is 7.89. The van der Waals surface area contributed by atoms with E-state index in [4.69, 9.17) is 23.8 Å². The number of nitrogens with zero attached hydrogens (tertiary/aromatic N) is 1. The molecule has 0 bridgehead atoms. The molecule has 2 N–H and O–H groups in total. The van der Waals surface area contributed by atoms with Crippen LogP contribution in [0.1, 0.15) is 18.4 Å². The Labute approximate surface area is 180 Å². The molecule has 1 heterocycles. The van der Waals surface area contributed by atoms with E-state index in [1.54, 1.807) is 42.5 Å². The van der Waals surface area contributed by atoms with E-state index in [0.717, 1.165) is 18.4 Å². The molecule has 3 rings (SSSR count). The number of thiocarbonyl (C=S) groups is 1. The van der Waals surface area contributed by atoms with E-state index in [1.165, 1.54) is 22.5 Å². The van der Waals surface area contributed by atoms with Crippen LogP contribution in [0.25, 0.3) is 6.08 Å². The third kappa shape index (κ3) is 5.86. The number of amides is 1. The molecule has 1 amide bonds. The van der Waals surface area contributed by atoms with Gasteiger partial charge < -0.3 is 5.32 Å². The average Bonchev–Trinajstić information content (AvgIpc) is 3.23. The van der Waals surface area contributed by atoms with Crippen LogP contribution in [0.15, 0.2) is 59.5 Å². The highest BCUT2D eigenvalue weighted by Gasteiger charge is 2.26. The summed E-state index contributed by atoms with van der Waals surface area (Å²) in [5.41, 5.74) is 1.41. The van der Waals surface area contributed by atoms with Gasteiger partial charge in [0.1, 0.15) is 0 Å². The van der Waals surface area contributed by atoms with E-state index >= 15 is 0 Å². The van der Waals surface area contributed by atoms with Crippen molar-refractivity contribution in [2.75, 3.05) is 18.4 Å². The van der Waals surface area contributed by atoms with Crippen molar-refractivity contribution < 1.29 is 13.2 Å². The van der Waals surface area contributed by atoms with Crippen LogP contribution in [0.2, 0.25) is 5.02 Å². The molecule has 0 aliphatic carbocycles. The van der Waals surface area contributed by atoms with Crippen molar-refractivity contribution in [3.8, 4) is 0 Å². The molecule has 29 heavy (non-hydrogen) atoms. The Morgan fingerprint density at radius 2 is 1.66 bits per heavy atom. The molecule has 6 nitrogen and oxygen atoms in total. The quantitative estimate of drug-likeness (QED) is 0.538. The fourth-order valence-electron chi connectivity index (χ4n) is 2.85. The van der Waals surface area contributed by atoms with Gasteiger partial charge in [0.15, 0.2) is 5.11 Å². The molecule has 0 unspecified atom stereocenters. The van der Waals surface area contributed by atoms with Crippen molar-refractivity contribution in [1.82, 2.24) is 9.62 Å². The van der Waals surface area contributed by atoms with E-state index in [0.29, 0.717) is 23.8 Å². The SMILES string of the molecule is O=C(/C=C/c1ccc(Cl)cc1)NC(=S)Nc1ccc(S(=O)(=O)N2CCCC2)cc1. The van der Waals surface area contributed by atoms with Crippen molar-refractivity contribution in [3.63, 3.8) is 0 Å². The molecule has 2 aromatic carbocycles. The van der Waals surface area contributed by atoms with Crippen molar-refractivity contribution >= 4 is 56.6 Å². The second-order valence-corrected chi connectivity index (χ2v) is 9.25. The van der Waals surface area contributed by atoms with Crippen LogP contribution < -0.4 is 10.6 Å². The Hall–Kier alpha value is -2.26. The summed E-state index contributed by atoms with van der Waals surface area (Å²) in [7, 11) is -3.45. The van der Waals surface area contributed by atoms with Crippen molar-refractivity contribution in [3.05, 3.63) is 65.2 Å². The van der Waals surface area contributed by atoms with Gasteiger partial charge in [0, 0.05) is 29.9 Å². The molecule has 1 aliphatic heterocycles. The first kappa shape index (κ1) is 21.4. The van der Waals surface area contributed by atoms with Gasteiger partial charge in [-0.05, 0) is 73.1 Å². The van der Waals surface area contributed by atoms with Gasteiger partial charge in [-0.2, -0.15) is 4.31 Å². The van der Waals surface area contributed by atoms with Crippen LogP contribution in [0.3, 0.4) is 0 Å². The van der Waals surface area contributed by atoms with E-state index in [2.05, 4.69) is 10.6 Å². The van der Waals surface area contributed by atoms with Gasteiger partial charge in [0.05, 0.1) is 4.90 Å². The van der Waals surface area contributed by atoms with Gasteiger partial charge in [0.25, 0.3) is 0 Å². The van der Waals surface area contributed by atoms with Crippen molar-refractivity contribution in [2.24, 2.45) is 0 Å². The van der Waals surface area contributed by atoms with Crippen molar-refractivity contribution in [2.45, 2.75) is 17.7 Å². The van der Waals surface area contributed by atoms with Crippen LogP contribution >= 0.6 is 23.8 Å². The Morgan fingerprint density at radius 3 is 2.28 bits per heavy atom. The molecule has 2 aromatic rings. The van der Waals surface area contributed by atoms with E-state index in [1.807, 2.05) is 0 Å². The smallest absolute Gasteiger partial charge is 0.250 e. The molecule has 0 saturated carbocycles. The summed E-state index contributed by atoms with van der Waals surface area (Å²) in [6.07, 6.45) is 4.79. The second kappa shape index (κ2) is 9.49. The zero-order valence-corrected chi connectivity index (χ0v) is 17.9. The molecular formula is C20H20ClN3O3S2.